The number of likely N-dealkylation sites (tertiary alicyclic amines) is 1. The second kappa shape index (κ2) is 5.34. The molecule has 100 valence electrons. The number of carbonyl (C=O) groups is 3. The molecule has 0 aliphatic carbocycles. The molecule has 7 nitrogen and oxygen atoms in total. The van der Waals surface area contributed by atoms with Gasteiger partial charge in [-0.2, -0.15) is 0 Å². The van der Waals surface area contributed by atoms with Crippen LogP contribution in [0.5, 0.6) is 0 Å². The van der Waals surface area contributed by atoms with Crippen LogP contribution in [0.4, 0.5) is 0 Å². The Morgan fingerprint density at radius 2 is 2.17 bits per heavy atom. The fraction of sp³-hybridized carbons (Fsp3) is 0.727. The molecule has 2 saturated heterocycles. The van der Waals surface area contributed by atoms with Crippen LogP contribution < -0.4 is 11.1 Å². The third kappa shape index (κ3) is 2.61. The van der Waals surface area contributed by atoms with Crippen LogP contribution in [0.2, 0.25) is 0 Å². The first-order chi connectivity index (χ1) is 8.59. The maximum atomic E-state index is 12.1. The SMILES string of the molecule is NC(=O)C1CCCN1C(=O)CN1CCNCC1=O. The molecule has 1 atom stereocenters. The molecular weight excluding hydrogens is 236 g/mol. The van der Waals surface area contributed by atoms with Crippen LogP contribution in [0.15, 0.2) is 0 Å². The summed E-state index contributed by atoms with van der Waals surface area (Å²) in [5.74, 6) is -0.733. The fourth-order valence-corrected chi connectivity index (χ4v) is 2.43. The zero-order valence-corrected chi connectivity index (χ0v) is 10.2. The van der Waals surface area contributed by atoms with E-state index in [1.54, 1.807) is 0 Å². The first kappa shape index (κ1) is 12.8. The van der Waals surface area contributed by atoms with Gasteiger partial charge in [-0.25, -0.2) is 0 Å². The number of rotatable bonds is 3. The van der Waals surface area contributed by atoms with E-state index in [-0.39, 0.29) is 24.9 Å². The Balaban J connectivity index is 1.94. The van der Waals surface area contributed by atoms with Crippen molar-refractivity contribution in [2.75, 3.05) is 32.7 Å². The molecule has 7 heteroatoms. The molecule has 2 heterocycles. The van der Waals surface area contributed by atoms with Crippen molar-refractivity contribution < 1.29 is 14.4 Å². The molecule has 0 saturated carbocycles. The van der Waals surface area contributed by atoms with Gasteiger partial charge in [0, 0.05) is 19.6 Å². The Bertz CT molecular complexity index is 371. The van der Waals surface area contributed by atoms with E-state index in [0.717, 1.165) is 6.42 Å². The number of nitrogens with two attached hydrogens (primary N) is 1. The first-order valence-corrected chi connectivity index (χ1v) is 6.17. The van der Waals surface area contributed by atoms with Crippen molar-refractivity contribution in [2.45, 2.75) is 18.9 Å². The highest BCUT2D eigenvalue weighted by atomic mass is 16.2. The number of hydrogen-bond acceptors (Lipinski definition) is 4. The van der Waals surface area contributed by atoms with Crippen molar-refractivity contribution in [2.24, 2.45) is 5.73 Å². The van der Waals surface area contributed by atoms with Crippen molar-refractivity contribution >= 4 is 17.7 Å². The molecule has 1 unspecified atom stereocenters. The van der Waals surface area contributed by atoms with E-state index >= 15 is 0 Å². The molecule has 2 aliphatic rings. The summed E-state index contributed by atoms with van der Waals surface area (Å²) < 4.78 is 0. The van der Waals surface area contributed by atoms with Crippen LogP contribution in [-0.4, -0.2) is 66.3 Å². The molecule has 2 aliphatic heterocycles. The van der Waals surface area contributed by atoms with Crippen LogP contribution in [-0.2, 0) is 14.4 Å². The third-order valence-corrected chi connectivity index (χ3v) is 3.42. The van der Waals surface area contributed by atoms with E-state index in [1.807, 2.05) is 0 Å². The summed E-state index contributed by atoms with van der Waals surface area (Å²) in [6.45, 7) is 2.08. The lowest BCUT2D eigenvalue weighted by molar-refractivity contribution is -0.143. The predicted octanol–water partition coefficient (Wildman–Crippen LogP) is -2.11. The molecule has 0 bridgehead atoms. The van der Waals surface area contributed by atoms with Gasteiger partial charge in [-0.15, -0.1) is 0 Å². The molecule has 0 aromatic rings. The number of nitrogens with zero attached hydrogens (tertiary/aromatic N) is 2. The van der Waals surface area contributed by atoms with E-state index in [2.05, 4.69) is 5.32 Å². The topological polar surface area (TPSA) is 95.7 Å². The summed E-state index contributed by atoms with van der Waals surface area (Å²) in [6, 6.07) is -0.504. The first-order valence-electron chi connectivity index (χ1n) is 6.17. The molecule has 3 N–H and O–H groups in total. The molecule has 0 radical (unpaired) electrons. The van der Waals surface area contributed by atoms with Crippen LogP contribution in [0.1, 0.15) is 12.8 Å². The van der Waals surface area contributed by atoms with Gasteiger partial charge < -0.3 is 20.9 Å². The van der Waals surface area contributed by atoms with Crippen LogP contribution >= 0.6 is 0 Å². The van der Waals surface area contributed by atoms with Gasteiger partial charge in [-0.05, 0) is 12.8 Å². The Morgan fingerprint density at radius 1 is 1.39 bits per heavy atom. The highest BCUT2D eigenvalue weighted by molar-refractivity contribution is 5.90. The lowest BCUT2D eigenvalue weighted by atomic mass is 10.2. The van der Waals surface area contributed by atoms with Crippen LogP contribution in [0.25, 0.3) is 0 Å². The van der Waals surface area contributed by atoms with Crippen molar-refractivity contribution in [3.05, 3.63) is 0 Å². The van der Waals surface area contributed by atoms with Gasteiger partial charge in [-0.3, -0.25) is 14.4 Å². The summed E-state index contributed by atoms with van der Waals surface area (Å²) in [5.41, 5.74) is 5.26. The number of primary amides is 1. The van der Waals surface area contributed by atoms with Gasteiger partial charge in [0.2, 0.25) is 17.7 Å². The van der Waals surface area contributed by atoms with Crippen molar-refractivity contribution in [1.29, 1.82) is 0 Å². The van der Waals surface area contributed by atoms with Gasteiger partial charge in [0.15, 0.2) is 0 Å². The highest BCUT2D eigenvalue weighted by Crippen LogP contribution is 2.17. The van der Waals surface area contributed by atoms with E-state index < -0.39 is 11.9 Å². The van der Waals surface area contributed by atoms with E-state index in [4.69, 9.17) is 5.73 Å². The molecule has 0 aromatic heterocycles. The number of carbonyl (C=O) groups excluding carboxylic acids is 3. The molecule has 3 amide bonds. The largest absolute Gasteiger partial charge is 0.368 e. The monoisotopic (exact) mass is 254 g/mol. The zero-order valence-electron chi connectivity index (χ0n) is 10.2. The lowest BCUT2D eigenvalue weighted by Crippen LogP contribution is -2.53. The van der Waals surface area contributed by atoms with Crippen molar-refractivity contribution in [3.8, 4) is 0 Å². The predicted molar refractivity (Wildman–Crippen MR) is 63.4 cm³/mol. The van der Waals surface area contributed by atoms with Gasteiger partial charge in [0.05, 0.1) is 13.1 Å². The molecule has 0 spiro atoms. The lowest BCUT2D eigenvalue weighted by Gasteiger charge is -2.30. The van der Waals surface area contributed by atoms with Gasteiger partial charge in [0.25, 0.3) is 0 Å². The van der Waals surface area contributed by atoms with E-state index in [9.17, 15) is 14.4 Å². The fourth-order valence-electron chi connectivity index (χ4n) is 2.43. The maximum absolute atomic E-state index is 12.1. The Labute approximate surface area is 105 Å². The normalized spacial score (nSPS) is 24.4. The summed E-state index contributed by atoms with van der Waals surface area (Å²) >= 11 is 0. The minimum atomic E-state index is -0.504. The van der Waals surface area contributed by atoms with Crippen molar-refractivity contribution in [1.82, 2.24) is 15.1 Å². The number of amides is 3. The van der Waals surface area contributed by atoms with E-state index in [1.165, 1.54) is 9.80 Å². The second-order valence-corrected chi connectivity index (χ2v) is 4.64. The summed E-state index contributed by atoms with van der Waals surface area (Å²) in [4.78, 5) is 37.9. The third-order valence-electron chi connectivity index (χ3n) is 3.42. The number of nitrogens with one attached hydrogen (secondary N) is 1. The molecular formula is C11H18N4O3. The molecule has 0 aromatic carbocycles. The van der Waals surface area contributed by atoms with Crippen molar-refractivity contribution in [3.63, 3.8) is 0 Å². The van der Waals surface area contributed by atoms with Gasteiger partial charge in [-0.1, -0.05) is 0 Å². The summed E-state index contributed by atoms with van der Waals surface area (Å²) in [7, 11) is 0. The quantitative estimate of drug-likeness (QED) is 0.603. The molecule has 2 fully saturated rings. The average Bonchev–Trinajstić information content (AvgIpc) is 2.81. The standard InChI is InChI=1S/C11H18N4O3/c12-11(18)8-2-1-4-15(8)10(17)7-14-5-3-13-6-9(14)16/h8,13H,1-7H2,(H2,12,18). The van der Waals surface area contributed by atoms with Crippen LogP contribution in [0.3, 0.4) is 0 Å². The van der Waals surface area contributed by atoms with Gasteiger partial charge >= 0.3 is 0 Å². The number of hydrogen-bond donors (Lipinski definition) is 2. The molecule has 2 rings (SSSR count). The molecule has 18 heavy (non-hydrogen) atoms. The average molecular weight is 254 g/mol. The zero-order chi connectivity index (χ0) is 13.1. The maximum Gasteiger partial charge on any atom is 0.242 e. The smallest absolute Gasteiger partial charge is 0.242 e. The number of piperazine rings is 1. The van der Waals surface area contributed by atoms with Gasteiger partial charge in [0.1, 0.15) is 6.04 Å². The van der Waals surface area contributed by atoms with E-state index in [0.29, 0.717) is 26.1 Å². The Morgan fingerprint density at radius 3 is 2.83 bits per heavy atom. The Hall–Kier alpha value is -1.63. The minimum absolute atomic E-state index is 0.0459. The van der Waals surface area contributed by atoms with Crippen LogP contribution in [0, 0.1) is 0 Å². The summed E-state index contributed by atoms with van der Waals surface area (Å²) in [6.07, 6.45) is 1.41. The highest BCUT2D eigenvalue weighted by Gasteiger charge is 2.33. The second-order valence-electron chi connectivity index (χ2n) is 4.64. The summed E-state index contributed by atoms with van der Waals surface area (Å²) in [5, 5.41) is 2.94. The Kier molecular flexibility index (Phi) is 3.81. The minimum Gasteiger partial charge on any atom is -0.368 e.